The van der Waals surface area contributed by atoms with Gasteiger partial charge in [-0.25, -0.2) is 0 Å². The van der Waals surface area contributed by atoms with Crippen LogP contribution in [0.15, 0.2) is 22.7 Å². The van der Waals surface area contributed by atoms with Crippen LogP contribution in [0.2, 0.25) is 0 Å². The molecular formula is C14H18BrNO2. The molecular weight excluding hydrogens is 294 g/mol. The van der Waals surface area contributed by atoms with Crippen LogP contribution in [0.25, 0.3) is 0 Å². The highest BCUT2D eigenvalue weighted by molar-refractivity contribution is 9.10. The van der Waals surface area contributed by atoms with Gasteiger partial charge >= 0.3 is 0 Å². The minimum atomic E-state index is 0.245. The van der Waals surface area contributed by atoms with Gasteiger partial charge in [-0.3, -0.25) is 0 Å². The maximum atomic E-state index is 8.69. The summed E-state index contributed by atoms with van der Waals surface area (Å²) in [5, 5.41) is 12.0. The summed E-state index contributed by atoms with van der Waals surface area (Å²) >= 11 is 3.44. The number of hydrogen-bond donors (Lipinski definition) is 2. The molecule has 0 aliphatic carbocycles. The third-order valence-electron chi connectivity index (χ3n) is 2.41. The second-order valence-electron chi connectivity index (χ2n) is 3.85. The zero-order valence-corrected chi connectivity index (χ0v) is 11.9. The number of terminal acetylenes is 1. The second kappa shape index (κ2) is 8.98. The van der Waals surface area contributed by atoms with E-state index in [4.69, 9.17) is 16.3 Å². The first-order chi connectivity index (χ1) is 8.77. The van der Waals surface area contributed by atoms with Gasteiger partial charge in [0.15, 0.2) is 0 Å². The fourth-order valence-electron chi connectivity index (χ4n) is 1.53. The zero-order valence-electron chi connectivity index (χ0n) is 10.3. The molecule has 0 bridgehead atoms. The largest absolute Gasteiger partial charge is 0.481 e. The molecule has 0 unspecified atom stereocenters. The molecule has 1 aromatic carbocycles. The van der Waals surface area contributed by atoms with Crippen LogP contribution in [-0.2, 0) is 6.54 Å². The molecule has 3 nitrogen and oxygen atoms in total. The minimum absolute atomic E-state index is 0.245. The molecule has 0 fully saturated rings. The Morgan fingerprint density at radius 1 is 1.39 bits per heavy atom. The number of nitrogens with one attached hydrogen (secondary N) is 1. The fourth-order valence-corrected chi connectivity index (χ4v) is 1.94. The van der Waals surface area contributed by atoms with E-state index in [2.05, 4.69) is 27.2 Å². The first kappa shape index (κ1) is 15.0. The monoisotopic (exact) mass is 311 g/mol. The topological polar surface area (TPSA) is 41.5 Å². The Morgan fingerprint density at radius 2 is 2.22 bits per heavy atom. The Morgan fingerprint density at radius 3 is 2.94 bits per heavy atom. The Labute approximate surface area is 117 Å². The van der Waals surface area contributed by atoms with Gasteiger partial charge in [0.1, 0.15) is 12.4 Å². The fraction of sp³-hybridized carbons (Fsp3) is 0.429. The van der Waals surface area contributed by atoms with Crippen LogP contribution in [0.5, 0.6) is 5.75 Å². The highest BCUT2D eigenvalue weighted by Crippen LogP contribution is 2.23. The lowest BCUT2D eigenvalue weighted by molar-refractivity contribution is 0.283. The van der Waals surface area contributed by atoms with E-state index < -0.39 is 0 Å². The molecule has 0 aromatic heterocycles. The van der Waals surface area contributed by atoms with Gasteiger partial charge in [-0.1, -0.05) is 21.9 Å². The summed E-state index contributed by atoms with van der Waals surface area (Å²) in [6.07, 6.45) is 6.98. The maximum absolute atomic E-state index is 8.69. The number of unbranched alkanes of at least 4 members (excludes halogenated alkanes) is 1. The van der Waals surface area contributed by atoms with Crippen molar-refractivity contribution in [2.24, 2.45) is 0 Å². The first-order valence-corrected chi connectivity index (χ1v) is 6.73. The van der Waals surface area contributed by atoms with Crippen LogP contribution < -0.4 is 10.1 Å². The van der Waals surface area contributed by atoms with Gasteiger partial charge in [0, 0.05) is 23.2 Å². The van der Waals surface area contributed by atoms with Crippen LogP contribution in [0, 0.1) is 12.3 Å². The molecule has 98 valence electrons. The Hall–Kier alpha value is -1.02. The third kappa shape index (κ3) is 5.54. The second-order valence-corrected chi connectivity index (χ2v) is 4.77. The highest BCUT2D eigenvalue weighted by atomic mass is 79.9. The van der Waals surface area contributed by atoms with Gasteiger partial charge < -0.3 is 15.2 Å². The first-order valence-electron chi connectivity index (χ1n) is 5.94. The Bertz CT molecular complexity index is 401. The van der Waals surface area contributed by atoms with Gasteiger partial charge in [-0.2, -0.15) is 0 Å². The molecule has 0 amide bonds. The number of aliphatic hydroxyl groups excluding tert-OH is 1. The standard InChI is InChI=1S/C14H18BrNO2/c1-2-9-18-14-6-5-13(15)10-12(14)11-16-7-3-4-8-17/h1,5-6,10,16-17H,3-4,7-9,11H2. The number of hydrogen-bond acceptors (Lipinski definition) is 3. The Kier molecular flexibility index (Phi) is 7.51. The summed E-state index contributed by atoms with van der Waals surface area (Å²) < 4.78 is 6.50. The predicted octanol–water partition coefficient (Wildman–Crippen LogP) is 2.32. The molecule has 0 heterocycles. The molecule has 0 saturated carbocycles. The Balaban J connectivity index is 2.51. The van der Waals surface area contributed by atoms with Crippen LogP contribution in [0.1, 0.15) is 18.4 Å². The van der Waals surface area contributed by atoms with E-state index in [-0.39, 0.29) is 13.2 Å². The van der Waals surface area contributed by atoms with Crippen LogP contribution >= 0.6 is 15.9 Å². The normalized spacial score (nSPS) is 10.1. The summed E-state index contributed by atoms with van der Waals surface area (Å²) in [5.74, 6) is 3.27. The third-order valence-corrected chi connectivity index (χ3v) is 2.90. The average molecular weight is 312 g/mol. The lowest BCUT2D eigenvalue weighted by atomic mass is 10.2. The highest BCUT2D eigenvalue weighted by Gasteiger charge is 2.04. The van der Waals surface area contributed by atoms with Gasteiger partial charge in [0.25, 0.3) is 0 Å². The predicted molar refractivity (Wildman–Crippen MR) is 76.5 cm³/mol. The van der Waals surface area contributed by atoms with Gasteiger partial charge in [-0.15, -0.1) is 6.42 Å². The van der Waals surface area contributed by atoms with Crippen LogP contribution in [0.4, 0.5) is 0 Å². The van der Waals surface area contributed by atoms with Crippen molar-refractivity contribution in [3.8, 4) is 18.1 Å². The molecule has 0 saturated heterocycles. The summed E-state index contributed by atoms with van der Waals surface area (Å²) in [7, 11) is 0. The lowest BCUT2D eigenvalue weighted by Gasteiger charge is -2.11. The zero-order chi connectivity index (χ0) is 13.2. The summed E-state index contributed by atoms with van der Waals surface area (Å²) in [6.45, 7) is 2.13. The SMILES string of the molecule is C#CCOc1ccc(Br)cc1CNCCCCO. The van der Waals surface area contributed by atoms with E-state index in [1.54, 1.807) is 0 Å². The molecule has 0 radical (unpaired) electrons. The summed E-state index contributed by atoms with van der Waals surface area (Å²) in [6, 6.07) is 5.86. The number of ether oxygens (including phenoxy) is 1. The summed E-state index contributed by atoms with van der Waals surface area (Å²) in [4.78, 5) is 0. The molecule has 18 heavy (non-hydrogen) atoms. The van der Waals surface area contributed by atoms with Crippen molar-refractivity contribution in [2.75, 3.05) is 19.8 Å². The van der Waals surface area contributed by atoms with Gasteiger partial charge in [0.2, 0.25) is 0 Å². The van der Waals surface area contributed by atoms with Crippen molar-refractivity contribution < 1.29 is 9.84 Å². The van der Waals surface area contributed by atoms with E-state index >= 15 is 0 Å². The molecule has 0 aliphatic rings. The van der Waals surface area contributed by atoms with E-state index in [1.807, 2.05) is 18.2 Å². The molecule has 2 N–H and O–H groups in total. The smallest absolute Gasteiger partial charge is 0.148 e. The van der Waals surface area contributed by atoms with E-state index in [0.717, 1.165) is 41.7 Å². The number of aliphatic hydroxyl groups is 1. The van der Waals surface area contributed by atoms with Crippen molar-refractivity contribution in [3.63, 3.8) is 0 Å². The molecule has 0 spiro atoms. The van der Waals surface area contributed by atoms with Crippen molar-refractivity contribution in [2.45, 2.75) is 19.4 Å². The number of rotatable bonds is 8. The van der Waals surface area contributed by atoms with Gasteiger partial charge in [-0.05, 0) is 37.6 Å². The quantitative estimate of drug-likeness (QED) is 0.572. The minimum Gasteiger partial charge on any atom is -0.481 e. The molecule has 1 aromatic rings. The maximum Gasteiger partial charge on any atom is 0.148 e. The molecule has 0 atom stereocenters. The molecule has 1 rings (SSSR count). The lowest BCUT2D eigenvalue weighted by Crippen LogP contribution is -2.16. The van der Waals surface area contributed by atoms with Crippen molar-refractivity contribution in [1.29, 1.82) is 0 Å². The number of halogens is 1. The van der Waals surface area contributed by atoms with Crippen molar-refractivity contribution in [1.82, 2.24) is 5.32 Å². The van der Waals surface area contributed by atoms with Gasteiger partial charge in [0.05, 0.1) is 0 Å². The average Bonchev–Trinajstić information content (AvgIpc) is 2.37. The van der Waals surface area contributed by atoms with E-state index in [0.29, 0.717) is 0 Å². The van der Waals surface area contributed by atoms with E-state index in [1.165, 1.54) is 0 Å². The molecule has 4 heteroatoms. The van der Waals surface area contributed by atoms with Crippen LogP contribution in [-0.4, -0.2) is 24.9 Å². The van der Waals surface area contributed by atoms with Crippen molar-refractivity contribution in [3.05, 3.63) is 28.2 Å². The van der Waals surface area contributed by atoms with Crippen molar-refractivity contribution >= 4 is 15.9 Å². The molecule has 0 aliphatic heterocycles. The summed E-state index contributed by atoms with van der Waals surface area (Å²) in [5.41, 5.74) is 1.07. The van der Waals surface area contributed by atoms with E-state index in [9.17, 15) is 0 Å². The number of benzene rings is 1. The van der Waals surface area contributed by atoms with Crippen LogP contribution in [0.3, 0.4) is 0 Å².